The number of carbonyl (C=O) groups excluding carboxylic acids is 1. The smallest absolute Gasteiger partial charge is 0.273 e. The predicted octanol–water partition coefficient (Wildman–Crippen LogP) is 1.21. The molecule has 1 aromatic heterocycles. The van der Waals surface area contributed by atoms with E-state index in [-0.39, 0.29) is 17.4 Å². The maximum Gasteiger partial charge on any atom is 0.273 e. The number of amides is 1. The Balaban J connectivity index is 2.44. The van der Waals surface area contributed by atoms with Gasteiger partial charge in [0.1, 0.15) is 11.5 Å². The van der Waals surface area contributed by atoms with Crippen molar-refractivity contribution < 1.29 is 9.18 Å². The zero-order valence-electron chi connectivity index (χ0n) is 11.5. The number of aromatic nitrogens is 2. The number of hydrogen-bond acceptors (Lipinski definition) is 3. The molecule has 1 amide bonds. The molecule has 106 valence electrons. The first-order chi connectivity index (χ1) is 9.54. The van der Waals surface area contributed by atoms with Gasteiger partial charge in [-0.15, -0.1) is 0 Å². The number of nitrogens with two attached hydrogens (primary N) is 1. The molecule has 0 saturated carbocycles. The maximum atomic E-state index is 14.0. The van der Waals surface area contributed by atoms with E-state index in [1.165, 1.54) is 15.6 Å². The molecule has 0 radical (unpaired) electrons. The van der Waals surface area contributed by atoms with Gasteiger partial charge >= 0.3 is 0 Å². The molecule has 6 heteroatoms. The first kappa shape index (κ1) is 14.2. The fraction of sp³-hybridized carbons (Fsp3) is 0.286. The van der Waals surface area contributed by atoms with Gasteiger partial charge < -0.3 is 10.6 Å². The normalized spacial score (nSPS) is 10.6. The molecule has 20 heavy (non-hydrogen) atoms. The van der Waals surface area contributed by atoms with Crippen LogP contribution < -0.4 is 5.73 Å². The van der Waals surface area contributed by atoms with Gasteiger partial charge in [0, 0.05) is 20.3 Å². The summed E-state index contributed by atoms with van der Waals surface area (Å²) in [6.07, 6.45) is 2.12. The second-order valence-corrected chi connectivity index (χ2v) is 4.63. The Bertz CT molecular complexity index is 621. The average molecular weight is 276 g/mol. The van der Waals surface area contributed by atoms with Gasteiger partial charge in [0.25, 0.3) is 5.91 Å². The van der Waals surface area contributed by atoms with Crippen LogP contribution in [0.15, 0.2) is 30.5 Å². The number of hydrogen-bond donors (Lipinski definition) is 1. The van der Waals surface area contributed by atoms with Crippen molar-refractivity contribution in [3.8, 4) is 5.69 Å². The van der Waals surface area contributed by atoms with E-state index < -0.39 is 0 Å². The molecule has 1 heterocycles. The van der Waals surface area contributed by atoms with E-state index in [9.17, 15) is 9.18 Å². The standard InChI is InChI=1S/C14H17FN4O/c1-18(2)14(20)12-7-9-19(17-12)13-10(6-8-16)4-3-5-11(13)15/h3-5,7,9H,6,8,16H2,1-2H3. The van der Waals surface area contributed by atoms with Crippen LogP contribution in [-0.2, 0) is 6.42 Å². The summed E-state index contributed by atoms with van der Waals surface area (Å²) in [5.41, 5.74) is 6.92. The second kappa shape index (κ2) is 5.83. The van der Waals surface area contributed by atoms with Gasteiger partial charge in [0.05, 0.1) is 0 Å². The van der Waals surface area contributed by atoms with Gasteiger partial charge in [-0.2, -0.15) is 5.10 Å². The Morgan fingerprint density at radius 2 is 2.15 bits per heavy atom. The van der Waals surface area contributed by atoms with Gasteiger partial charge in [0.2, 0.25) is 0 Å². The van der Waals surface area contributed by atoms with E-state index in [0.29, 0.717) is 18.7 Å². The van der Waals surface area contributed by atoms with Gasteiger partial charge in [-0.1, -0.05) is 12.1 Å². The van der Waals surface area contributed by atoms with Crippen LogP contribution in [0.5, 0.6) is 0 Å². The van der Waals surface area contributed by atoms with Crippen molar-refractivity contribution in [3.05, 3.63) is 47.5 Å². The van der Waals surface area contributed by atoms with Gasteiger partial charge in [-0.3, -0.25) is 4.79 Å². The van der Waals surface area contributed by atoms with Crippen LogP contribution >= 0.6 is 0 Å². The number of nitrogens with zero attached hydrogens (tertiary/aromatic N) is 3. The van der Waals surface area contributed by atoms with E-state index in [2.05, 4.69) is 5.10 Å². The summed E-state index contributed by atoms with van der Waals surface area (Å²) in [5, 5.41) is 4.15. The fourth-order valence-electron chi connectivity index (χ4n) is 1.97. The Morgan fingerprint density at radius 1 is 1.40 bits per heavy atom. The zero-order valence-corrected chi connectivity index (χ0v) is 11.5. The van der Waals surface area contributed by atoms with Gasteiger partial charge in [-0.25, -0.2) is 9.07 Å². The quantitative estimate of drug-likeness (QED) is 0.913. The van der Waals surface area contributed by atoms with Crippen molar-refractivity contribution >= 4 is 5.91 Å². The molecule has 1 aromatic carbocycles. The molecule has 0 spiro atoms. The van der Waals surface area contributed by atoms with Crippen LogP contribution in [0.1, 0.15) is 16.1 Å². The van der Waals surface area contributed by atoms with Crippen molar-refractivity contribution in [1.82, 2.24) is 14.7 Å². The Labute approximate surface area is 116 Å². The predicted molar refractivity (Wildman–Crippen MR) is 74.3 cm³/mol. The molecule has 0 atom stereocenters. The molecule has 0 unspecified atom stereocenters. The Kier molecular flexibility index (Phi) is 4.14. The summed E-state index contributed by atoms with van der Waals surface area (Å²) >= 11 is 0. The molecule has 0 aliphatic heterocycles. The topological polar surface area (TPSA) is 64.2 Å². The minimum atomic E-state index is -0.386. The second-order valence-electron chi connectivity index (χ2n) is 4.63. The lowest BCUT2D eigenvalue weighted by atomic mass is 10.1. The summed E-state index contributed by atoms with van der Waals surface area (Å²) in [5.74, 6) is -0.608. The lowest BCUT2D eigenvalue weighted by Crippen LogP contribution is -2.22. The molecular weight excluding hydrogens is 259 g/mol. The number of benzene rings is 1. The SMILES string of the molecule is CN(C)C(=O)c1ccn(-c2c(F)cccc2CCN)n1. The molecule has 2 N–H and O–H groups in total. The van der Waals surface area contributed by atoms with Crippen molar-refractivity contribution in [2.75, 3.05) is 20.6 Å². The van der Waals surface area contributed by atoms with Crippen molar-refractivity contribution in [3.63, 3.8) is 0 Å². The highest BCUT2D eigenvalue weighted by Gasteiger charge is 2.15. The van der Waals surface area contributed by atoms with Crippen LogP contribution in [0.4, 0.5) is 4.39 Å². The number of halogens is 1. The lowest BCUT2D eigenvalue weighted by Gasteiger charge is -2.10. The van der Waals surface area contributed by atoms with Crippen molar-refractivity contribution in [2.24, 2.45) is 5.73 Å². The molecule has 0 aliphatic rings. The summed E-state index contributed by atoms with van der Waals surface area (Å²) in [4.78, 5) is 13.2. The Hall–Kier alpha value is -2.21. The third-order valence-electron chi connectivity index (χ3n) is 2.93. The van der Waals surface area contributed by atoms with Crippen LogP contribution in [0.25, 0.3) is 5.69 Å². The summed E-state index contributed by atoms with van der Waals surface area (Å²) in [7, 11) is 3.29. The molecule has 0 aliphatic carbocycles. The van der Waals surface area contributed by atoms with Gasteiger partial charge in [0.15, 0.2) is 5.69 Å². The van der Waals surface area contributed by atoms with Crippen molar-refractivity contribution in [2.45, 2.75) is 6.42 Å². The van der Waals surface area contributed by atoms with E-state index in [1.807, 2.05) is 0 Å². The highest BCUT2D eigenvalue weighted by molar-refractivity contribution is 5.91. The molecule has 0 bridgehead atoms. The largest absolute Gasteiger partial charge is 0.343 e. The minimum Gasteiger partial charge on any atom is -0.343 e. The third kappa shape index (κ3) is 2.70. The van der Waals surface area contributed by atoms with Crippen LogP contribution in [0, 0.1) is 5.82 Å². The molecular formula is C14H17FN4O. The van der Waals surface area contributed by atoms with E-state index in [1.54, 1.807) is 38.5 Å². The Morgan fingerprint density at radius 3 is 2.80 bits per heavy atom. The molecule has 0 fully saturated rings. The molecule has 0 saturated heterocycles. The first-order valence-electron chi connectivity index (χ1n) is 6.29. The average Bonchev–Trinajstić information content (AvgIpc) is 2.87. The first-order valence-corrected chi connectivity index (χ1v) is 6.29. The van der Waals surface area contributed by atoms with E-state index >= 15 is 0 Å². The van der Waals surface area contributed by atoms with E-state index in [4.69, 9.17) is 5.73 Å². The van der Waals surface area contributed by atoms with Crippen LogP contribution in [-0.4, -0.2) is 41.2 Å². The number of carbonyl (C=O) groups is 1. The summed E-state index contributed by atoms with van der Waals surface area (Å²) in [6, 6.07) is 6.38. The van der Waals surface area contributed by atoms with Crippen LogP contribution in [0.2, 0.25) is 0 Å². The van der Waals surface area contributed by atoms with E-state index in [0.717, 1.165) is 5.56 Å². The highest BCUT2D eigenvalue weighted by atomic mass is 19.1. The van der Waals surface area contributed by atoms with Crippen molar-refractivity contribution in [1.29, 1.82) is 0 Å². The maximum absolute atomic E-state index is 14.0. The molecule has 2 aromatic rings. The number of rotatable bonds is 4. The monoisotopic (exact) mass is 276 g/mol. The molecule has 2 rings (SSSR count). The minimum absolute atomic E-state index is 0.222. The summed E-state index contributed by atoms with van der Waals surface area (Å²) in [6.45, 7) is 0.418. The zero-order chi connectivity index (χ0) is 14.7. The highest BCUT2D eigenvalue weighted by Crippen LogP contribution is 2.19. The fourth-order valence-corrected chi connectivity index (χ4v) is 1.97. The number of para-hydroxylation sites is 1. The molecule has 5 nitrogen and oxygen atoms in total. The van der Waals surface area contributed by atoms with Crippen LogP contribution in [0.3, 0.4) is 0 Å². The third-order valence-corrected chi connectivity index (χ3v) is 2.93. The summed E-state index contributed by atoms with van der Waals surface area (Å²) < 4.78 is 15.4. The lowest BCUT2D eigenvalue weighted by molar-refractivity contribution is 0.0821. The van der Waals surface area contributed by atoms with Gasteiger partial charge in [-0.05, 0) is 30.7 Å².